The van der Waals surface area contributed by atoms with Gasteiger partial charge in [-0.15, -0.1) is 0 Å². The highest BCUT2D eigenvalue weighted by atomic mass is 19.1. The van der Waals surface area contributed by atoms with Crippen LogP contribution in [0.2, 0.25) is 0 Å². The molecule has 1 heterocycles. The largest absolute Gasteiger partial charge is 0.494 e. The summed E-state index contributed by atoms with van der Waals surface area (Å²) in [6.07, 6.45) is 0. The van der Waals surface area contributed by atoms with Gasteiger partial charge in [-0.05, 0) is 24.6 Å². The molecule has 26 heavy (non-hydrogen) atoms. The van der Waals surface area contributed by atoms with Crippen molar-refractivity contribution in [3.8, 4) is 5.75 Å². The van der Waals surface area contributed by atoms with Crippen molar-refractivity contribution in [3.63, 3.8) is 0 Å². The molecule has 2 N–H and O–H groups in total. The van der Waals surface area contributed by atoms with Crippen molar-refractivity contribution in [1.82, 2.24) is 20.4 Å². The summed E-state index contributed by atoms with van der Waals surface area (Å²) >= 11 is 0. The number of carbonyl (C=O) groups is 2. The Morgan fingerprint density at radius 3 is 2.81 bits per heavy atom. The lowest BCUT2D eigenvalue weighted by molar-refractivity contribution is -0.124. The second-order valence-electron chi connectivity index (χ2n) is 5.76. The van der Waals surface area contributed by atoms with E-state index in [0.29, 0.717) is 19.0 Å². The van der Waals surface area contributed by atoms with Gasteiger partial charge in [-0.1, -0.05) is 6.07 Å². The number of nitrogens with zero attached hydrogens (tertiary/aromatic N) is 3. The number of methoxy groups -OCH3 is 1. The summed E-state index contributed by atoms with van der Waals surface area (Å²) < 4.78 is 18.8. The number of halogens is 1. The molecule has 1 aliphatic heterocycles. The quantitative estimate of drug-likeness (QED) is 0.424. The van der Waals surface area contributed by atoms with Gasteiger partial charge in [0.25, 0.3) is 0 Å². The predicted octanol–water partition coefficient (Wildman–Crippen LogP) is 0.783. The molecule has 0 saturated carbocycles. The highest BCUT2D eigenvalue weighted by Crippen LogP contribution is 2.18. The van der Waals surface area contributed by atoms with E-state index in [0.717, 1.165) is 10.5 Å². The van der Waals surface area contributed by atoms with Crippen molar-refractivity contribution in [2.75, 3.05) is 40.3 Å². The number of carbonyl (C=O) groups excluding carboxylic acids is 2. The number of nitrogens with one attached hydrogen (secondary N) is 2. The third-order valence-corrected chi connectivity index (χ3v) is 3.85. The van der Waals surface area contributed by atoms with Crippen molar-refractivity contribution in [2.45, 2.75) is 13.5 Å². The predicted molar refractivity (Wildman–Crippen MR) is 95.5 cm³/mol. The Kier molecular flexibility index (Phi) is 6.76. The maximum atomic E-state index is 13.8. The summed E-state index contributed by atoms with van der Waals surface area (Å²) in [4.78, 5) is 30.5. The van der Waals surface area contributed by atoms with Crippen LogP contribution in [0.15, 0.2) is 23.2 Å². The number of aliphatic imine (C=N–C) groups is 1. The number of imide groups is 1. The number of urea groups is 1. The van der Waals surface area contributed by atoms with Crippen LogP contribution in [0, 0.1) is 5.82 Å². The summed E-state index contributed by atoms with van der Waals surface area (Å²) in [6, 6.07) is 4.40. The molecule has 8 nitrogen and oxygen atoms in total. The molecule has 0 bridgehead atoms. The summed E-state index contributed by atoms with van der Waals surface area (Å²) in [6.45, 7) is 3.56. The highest BCUT2D eigenvalue weighted by molar-refractivity contribution is 6.01. The van der Waals surface area contributed by atoms with E-state index in [2.05, 4.69) is 15.6 Å². The summed E-state index contributed by atoms with van der Waals surface area (Å²) in [5.41, 5.74) is 0.769. The second-order valence-corrected chi connectivity index (χ2v) is 5.76. The molecule has 0 aliphatic carbocycles. The lowest BCUT2D eigenvalue weighted by atomic mass is 10.2. The summed E-state index contributed by atoms with van der Waals surface area (Å²) in [7, 11) is 3.25. The summed E-state index contributed by atoms with van der Waals surface area (Å²) in [5.74, 6) is 0.137. The number of hydrogen-bond donors (Lipinski definition) is 2. The minimum absolute atomic E-state index is 0.0333. The summed E-state index contributed by atoms with van der Waals surface area (Å²) in [5, 5.41) is 5.61. The average molecular weight is 365 g/mol. The molecule has 2 rings (SSSR count). The van der Waals surface area contributed by atoms with Crippen molar-refractivity contribution in [3.05, 3.63) is 29.6 Å². The van der Waals surface area contributed by atoms with Gasteiger partial charge in [0.15, 0.2) is 17.5 Å². The smallest absolute Gasteiger partial charge is 0.324 e. The first-order valence-corrected chi connectivity index (χ1v) is 8.36. The van der Waals surface area contributed by atoms with Crippen LogP contribution in [0.5, 0.6) is 5.75 Å². The molecule has 9 heteroatoms. The standard InChI is InChI=1S/C17H24FN5O3/c1-4-19-16(20-7-8-23-15(24)10-21-17(23)25)22(2)11-12-5-6-14(26-3)13(18)9-12/h5-6,9H,4,7-8,10-11H2,1-3H3,(H,19,20)(H,21,25). The van der Waals surface area contributed by atoms with Gasteiger partial charge in [0, 0.05) is 20.1 Å². The maximum Gasteiger partial charge on any atom is 0.324 e. The SMILES string of the molecule is CCNC(=NCCN1C(=O)CNC1=O)N(C)Cc1ccc(OC)c(F)c1. The number of hydrogen-bond acceptors (Lipinski definition) is 4. The third-order valence-electron chi connectivity index (χ3n) is 3.85. The van der Waals surface area contributed by atoms with Crippen molar-refractivity contribution >= 4 is 17.9 Å². The maximum absolute atomic E-state index is 13.8. The molecular weight excluding hydrogens is 341 g/mol. The average Bonchev–Trinajstić information content (AvgIpc) is 2.93. The Morgan fingerprint density at radius 1 is 1.46 bits per heavy atom. The zero-order chi connectivity index (χ0) is 19.1. The fraction of sp³-hybridized carbons (Fsp3) is 0.471. The Morgan fingerprint density at radius 2 is 2.23 bits per heavy atom. The number of rotatable bonds is 7. The van der Waals surface area contributed by atoms with E-state index in [1.54, 1.807) is 12.1 Å². The van der Waals surface area contributed by atoms with Gasteiger partial charge >= 0.3 is 6.03 Å². The molecule has 142 valence electrons. The molecule has 3 amide bonds. The number of amides is 3. The van der Waals surface area contributed by atoms with Crippen LogP contribution >= 0.6 is 0 Å². The van der Waals surface area contributed by atoms with Crippen molar-refractivity contribution < 1.29 is 18.7 Å². The van der Waals surface area contributed by atoms with Gasteiger partial charge in [0.1, 0.15) is 0 Å². The molecule has 0 radical (unpaired) electrons. The van der Waals surface area contributed by atoms with Crippen LogP contribution in [-0.2, 0) is 11.3 Å². The molecule has 0 unspecified atom stereocenters. The van der Waals surface area contributed by atoms with Gasteiger partial charge in [-0.2, -0.15) is 0 Å². The number of benzene rings is 1. The monoisotopic (exact) mass is 365 g/mol. The molecule has 1 aromatic rings. The minimum atomic E-state index is -0.418. The molecule has 0 atom stereocenters. The third kappa shape index (κ3) is 4.84. The topological polar surface area (TPSA) is 86.3 Å². The molecule has 1 saturated heterocycles. The van der Waals surface area contributed by atoms with Crippen LogP contribution < -0.4 is 15.4 Å². The van der Waals surface area contributed by atoms with E-state index in [9.17, 15) is 14.0 Å². The van der Waals surface area contributed by atoms with Gasteiger partial charge in [0.05, 0.1) is 26.7 Å². The van der Waals surface area contributed by atoms with E-state index < -0.39 is 11.8 Å². The van der Waals surface area contributed by atoms with Crippen LogP contribution in [0.25, 0.3) is 0 Å². The van der Waals surface area contributed by atoms with Gasteiger partial charge in [-0.25, -0.2) is 9.18 Å². The fourth-order valence-corrected chi connectivity index (χ4v) is 2.56. The Hall–Kier alpha value is -2.84. The number of guanidine groups is 1. The first kappa shape index (κ1) is 19.5. The van der Waals surface area contributed by atoms with Crippen LogP contribution in [0.3, 0.4) is 0 Å². The van der Waals surface area contributed by atoms with Gasteiger partial charge in [0.2, 0.25) is 5.91 Å². The zero-order valence-electron chi connectivity index (χ0n) is 15.2. The minimum Gasteiger partial charge on any atom is -0.494 e. The van der Waals surface area contributed by atoms with E-state index in [-0.39, 0.29) is 31.3 Å². The first-order chi connectivity index (χ1) is 12.5. The van der Waals surface area contributed by atoms with Crippen LogP contribution in [-0.4, -0.2) is 68.0 Å². The Bertz CT molecular complexity index is 679. The van der Waals surface area contributed by atoms with Gasteiger partial charge in [-0.3, -0.25) is 14.7 Å². The molecule has 0 spiro atoms. The molecular formula is C17H24FN5O3. The number of ether oxygens (including phenoxy) is 1. The first-order valence-electron chi connectivity index (χ1n) is 8.36. The van der Waals surface area contributed by atoms with E-state index in [1.807, 2.05) is 18.9 Å². The molecule has 1 fully saturated rings. The van der Waals surface area contributed by atoms with Crippen LogP contribution in [0.1, 0.15) is 12.5 Å². The van der Waals surface area contributed by atoms with Gasteiger partial charge < -0.3 is 20.3 Å². The van der Waals surface area contributed by atoms with E-state index >= 15 is 0 Å². The van der Waals surface area contributed by atoms with Crippen molar-refractivity contribution in [1.29, 1.82) is 0 Å². The van der Waals surface area contributed by atoms with Crippen molar-refractivity contribution in [2.24, 2.45) is 4.99 Å². The van der Waals surface area contributed by atoms with Crippen LogP contribution in [0.4, 0.5) is 9.18 Å². The molecule has 0 aromatic heterocycles. The normalized spacial score (nSPS) is 14.5. The Balaban J connectivity index is 1.99. The lowest BCUT2D eigenvalue weighted by Gasteiger charge is -2.22. The molecule has 1 aromatic carbocycles. The second kappa shape index (κ2) is 9.02. The fourth-order valence-electron chi connectivity index (χ4n) is 2.56. The molecule has 1 aliphatic rings. The Labute approximate surface area is 152 Å². The highest BCUT2D eigenvalue weighted by Gasteiger charge is 2.27. The van der Waals surface area contributed by atoms with E-state index in [1.165, 1.54) is 13.2 Å². The zero-order valence-corrected chi connectivity index (χ0v) is 15.2. The van der Waals surface area contributed by atoms with E-state index in [4.69, 9.17) is 4.74 Å². The lowest BCUT2D eigenvalue weighted by Crippen LogP contribution is -2.39.